The second kappa shape index (κ2) is 9.79. The Hall–Kier alpha value is -3.78. The van der Waals surface area contributed by atoms with Crippen molar-refractivity contribution >= 4 is 11.5 Å². The minimum Gasteiger partial charge on any atom is -0.473 e. The van der Waals surface area contributed by atoms with Crippen molar-refractivity contribution in [2.45, 2.75) is 12.8 Å². The van der Waals surface area contributed by atoms with E-state index >= 15 is 0 Å². The Morgan fingerprint density at radius 3 is 2.73 bits per heavy atom. The molecule has 0 saturated carbocycles. The van der Waals surface area contributed by atoms with Crippen LogP contribution in [0.5, 0.6) is 5.88 Å². The van der Waals surface area contributed by atoms with Crippen LogP contribution in [0.1, 0.15) is 22.6 Å². The number of aromatic nitrogens is 5. The van der Waals surface area contributed by atoms with Crippen LogP contribution in [0.15, 0.2) is 67.8 Å². The summed E-state index contributed by atoms with van der Waals surface area (Å²) in [5.41, 5.74) is 4.11. The van der Waals surface area contributed by atoms with Crippen molar-refractivity contribution in [1.29, 1.82) is 0 Å². The van der Waals surface area contributed by atoms with Gasteiger partial charge >= 0.3 is 0 Å². The zero-order chi connectivity index (χ0) is 22.5. The third kappa shape index (κ3) is 5.18. The Morgan fingerprint density at radius 2 is 1.91 bits per heavy atom. The van der Waals surface area contributed by atoms with Gasteiger partial charge in [-0.1, -0.05) is 18.7 Å². The predicted molar refractivity (Wildman–Crippen MR) is 126 cm³/mol. The van der Waals surface area contributed by atoms with E-state index in [1.165, 1.54) is 0 Å². The van der Waals surface area contributed by atoms with Crippen molar-refractivity contribution < 1.29 is 9.47 Å². The van der Waals surface area contributed by atoms with Gasteiger partial charge in [-0.05, 0) is 23.3 Å². The van der Waals surface area contributed by atoms with Crippen molar-refractivity contribution in [3.63, 3.8) is 0 Å². The van der Waals surface area contributed by atoms with E-state index < -0.39 is 0 Å². The molecule has 0 atom stereocenters. The topological polar surface area (TPSA) is 77.7 Å². The molecule has 4 aromatic heterocycles. The molecule has 0 amide bonds. The van der Waals surface area contributed by atoms with Crippen LogP contribution in [0.3, 0.4) is 0 Å². The lowest BCUT2D eigenvalue weighted by Gasteiger charge is -2.28. The SMILES string of the molecule is C=CCOc1ccc(Cc2nc(Cc3ccn4ccnc4c3)cc(N3CCOCC3)n2)cn1. The third-order valence-corrected chi connectivity index (χ3v) is 5.50. The molecule has 0 aliphatic carbocycles. The standard InChI is InChI=1S/C25H26N6O2/c1-2-11-33-25-4-3-20(18-27-25)15-22-28-21(17-24(29-22)31-9-12-32-13-10-31)14-19-5-7-30-8-6-26-23(30)16-19/h2-8,16-18H,1,9-15H2. The summed E-state index contributed by atoms with van der Waals surface area (Å²) >= 11 is 0. The fourth-order valence-electron chi connectivity index (χ4n) is 3.86. The molecule has 0 spiro atoms. The Bertz CT molecular complexity index is 1230. The lowest BCUT2D eigenvalue weighted by molar-refractivity contribution is 0.122. The Morgan fingerprint density at radius 1 is 1.00 bits per heavy atom. The van der Waals surface area contributed by atoms with Crippen LogP contribution in [0, 0.1) is 0 Å². The smallest absolute Gasteiger partial charge is 0.213 e. The fraction of sp³-hybridized carbons (Fsp3) is 0.280. The first-order valence-electron chi connectivity index (χ1n) is 11.1. The molecule has 0 unspecified atom stereocenters. The molecular formula is C25H26N6O2. The molecule has 8 nitrogen and oxygen atoms in total. The Kier molecular flexibility index (Phi) is 6.25. The van der Waals surface area contributed by atoms with Crippen LogP contribution in [-0.2, 0) is 17.6 Å². The number of nitrogens with zero attached hydrogens (tertiary/aromatic N) is 6. The van der Waals surface area contributed by atoms with E-state index in [0.717, 1.165) is 47.2 Å². The van der Waals surface area contributed by atoms with Gasteiger partial charge in [0.15, 0.2) is 0 Å². The quantitative estimate of drug-likeness (QED) is 0.388. The molecule has 33 heavy (non-hydrogen) atoms. The van der Waals surface area contributed by atoms with Crippen LogP contribution < -0.4 is 9.64 Å². The third-order valence-electron chi connectivity index (χ3n) is 5.50. The molecule has 1 aliphatic rings. The highest BCUT2D eigenvalue weighted by atomic mass is 16.5. The molecule has 0 aromatic carbocycles. The van der Waals surface area contributed by atoms with E-state index in [2.05, 4.69) is 39.6 Å². The summed E-state index contributed by atoms with van der Waals surface area (Å²) in [7, 11) is 0. The molecule has 0 bridgehead atoms. The minimum absolute atomic E-state index is 0.435. The van der Waals surface area contributed by atoms with Crippen LogP contribution in [-0.4, -0.2) is 57.2 Å². The first-order valence-corrected chi connectivity index (χ1v) is 11.1. The average Bonchev–Trinajstić information content (AvgIpc) is 3.32. The zero-order valence-corrected chi connectivity index (χ0v) is 18.4. The van der Waals surface area contributed by atoms with E-state index in [1.54, 1.807) is 12.3 Å². The fourth-order valence-corrected chi connectivity index (χ4v) is 3.86. The van der Waals surface area contributed by atoms with Crippen LogP contribution in [0.4, 0.5) is 5.82 Å². The maximum Gasteiger partial charge on any atom is 0.213 e. The number of pyridine rings is 2. The van der Waals surface area contributed by atoms with Gasteiger partial charge in [0.05, 0.1) is 18.9 Å². The normalized spacial score (nSPS) is 13.9. The van der Waals surface area contributed by atoms with Crippen LogP contribution in [0.2, 0.25) is 0 Å². The summed E-state index contributed by atoms with van der Waals surface area (Å²) in [5, 5.41) is 0. The number of fused-ring (bicyclic) bond motifs is 1. The highest BCUT2D eigenvalue weighted by molar-refractivity contribution is 5.45. The van der Waals surface area contributed by atoms with Gasteiger partial charge in [0.1, 0.15) is 23.9 Å². The summed E-state index contributed by atoms with van der Waals surface area (Å²) in [5.74, 6) is 2.30. The van der Waals surface area contributed by atoms with Gasteiger partial charge in [0.2, 0.25) is 5.88 Å². The summed E-state index contributed by atoms with van der Waals surface area (Å²) in [4.78, 5) is 20.8. The van der Waals surface area contributed by atoms with Gasteiger partial charge in [-0.25, -0.2) is 19.9 Å². The van der Waals surface area contributed by atoms with Gasteiger partial charge < -0.3 is 18.8 Å². The number of imidazole rings is 1. The Labute approximate surface area is 192 Å². The summed E-state index contributed by atoms with van der Waals surface area (Å²) in [6.07, 6.45) is 10.6. The lowest BCUT2D eigenvalue weighted by atomic mass is 10.1. The highest BCUT2D eigenvalue weighted by Gasteiger charge is 2.16. The molecular weight excluding hydrogens is 416 g/mol. The van der Waals surface area contributed by atoms with Gasteiger partial charge in [-0.3, -0.25) is 0 Å². The molecule has 1 saturated heterocycles. The molecule has 4 aromatic rings. The molecule has 5 rings (SSSR count). The summed E-state index contributed by atoms with van der Waals surface area (Å²) in [6, 6.07) is 10.2. The lowest BCUT2D eigenvalue weighted by Crippen LogP contribution is -2.37. The summed E-state index contributed by atoms with van der Waals surface area (Å²) < 4.78 is 13.0. The molecule has 8 heteroatoms. The van der Waals surface area contributed by atoms with Gasteiger partial charge in [0, 0.05) is 62.9 Å². The first kappa shape index (κ1) is 21.1. The van der Waals surface area contributed by atoms with Crippen molar-refractivity contribution in [3.8, 4) is 5.88 Å². The second-order valence-corrected chi connectivity index (χ2v) is 7.92. The van der Waals surface area contributed by atoms with Crippen LogP contribution >= 0.6 is 0 Å². The number of hydrogen-bond acceptors (Lipinski definition) is 7. The van der Waals surface area contributed by atoms with Gasteiger partial charge in [0.25, 0.3) is 0 Å². The molecule has 168 valence electrons. The van der Waals surface area contributed by atoms with Crippen LogP contribution in [0.25, 0.3) is 5.65 Å². The van der Waals surface area contributed by atoms with E-state index in [0.29, 0.717) is 38.5 Å². The predicted octanol–water partition coefficient (Wildman–Crippen LogP) is 3.10. The van der Waals surface area contributed by atoms with Gasteiger partial charge in [-0.15, -0.1) is 0 Å². The number of hydrogen-bond donors (Lipinski definition) is 0. The largest absolute Gasteiger partial charge is 0.473 e. The zero-order valence-electron chi connectivity index (χ0n) is 18.4. The number of rotatable bonds is 8. The van der Waals surface area contributed by atoms with E-state index in [1.807, 2.05) is 35.1 Å². The van der Waals surface area contributed by atoms with E-state index in [-0.39, 0.29) is 0 Å². The number of anilines is 1. The maximum absolute atomic E-state index is 5.52. The first-order chi connectivity index (χ1) is 16.3. The Balaban J connectivity index is 1.41. The van der Waals surface area contributed by atoms with Crippen molar-refractivity contribution in [2.75, 3.05) is 37.8 Å². The van der Waals surface area contributed by atoms with Crippen molar-refractivity contribution in [2.24, 2.45) is 0 Å². The second-order valence-electron chi connectivity index (χ2n) is 7.92. The monoisotopic (exact) mass is 442 g/mol. The molecule has 1 fully saturated rings. The van der Waals surface area contributed by atoms with Gasteiger partial charge in [-0.2, -0.15) is 0 Å². The molecule has 0 radical (unpaired) electrons. The molecule has 1 aliphatic heterocycles. The summed E-state index contributed by atoms with van der Waals surface area (Å²) in [6.45, 7) is 7.17. The maximum atomic E-state index is 5.52. The van der Waals surface area contributed by atoms with E-state index in [9.17, 15) is 0 Å². The average molecular weight is 443 g/mol. The van der Waals surface area contributed by atoms with Crippen molar-refractivity contribution in [1.82, 2.24) is 24.3 Å². The molecule has 5 heterocycles. The molecule has 0 N–H and O–H groups in total. The van der Waals surface area contributed by atoms with E-state index in [4.69, 9.17) is 19.4 Å². The number of morpholine rings is 1. The highest BCUT2D eigenvalue weighted by Crippen LogP contribution is 2.19. The van der Waals surface area contributed by atoms with Crippen molar-refractivity contribution in [3.05, 3.63) is 90.4 Å². The number of ether oxygens (including phenoxy) is 2. The minimum atomic E-state index is 0.435.